The van der Waals surface area contributed by atoms with Gasteiger partial charge in [0.2, 0.25) is 0 Å². The number of hydrogen-bond acceptors (Lipinski definition) is 1. The molecule has 0 aliphatic heterocycles. The summed E-state index contributed by atoms with van der Waals surface area (Å²) in [7, 11) is 0. The molecule has 0 fully saturated rings. The zero-order chi connectivity index (χ0) is 24.9. The highest BCUT2D eigenvalue weighted by Crippen LogP contribution is 2.43. The summed E-state index contributed by atoms with van der Waals surface area (Å²) in [5.74, 6) is 0. The quantitative estimate of drug-likeness (QED) is 0.196. The average molecular weight is 604 g/mol. The van der Waals surface area contributed by atoms with E-state index in [1.54, 1.807) is 0 Å². The first-order chi connectivity index (χ1) is 18.2. The SMILES string of the molecule is Brc1ccc(-c2cccc3c(-c4ccccc4)c(Br)ccc23)cc1-c1cccc2c1oc1ccccc12. The Morgan fingerprint density at radius 3 is 2.00 bits per heavy atom. The molecule has 0 aliphatic rings. The predicted octanol–water partition coefficient (Wildman–Crippen LogP) is 11.3. The van der Waals surface area contributed by atoms with E-state index in [0.29, 0.717) is 0 Å². The van der Waals surface area contributed by atoms with Crippen molar-refractivity contribution in [3.8, 4) is 33.4 Å². The zero-order valence-corrected chi connectivity index (χ0v) is 22.9. The van der Waals surface area contributed by atoms with Crippen molar-refractivity contribution < 1.29 is 4.42 Å². The Balaban J connectivity index is 1.45. The third kappa shape index (κ3) is 3.73. The molecule has 3 heteroatoms. The lowest BCUT2D eigenvalue weighted by atomic mass is 9.91. The number of halogens is 2. The van der Waals surface area contributed by atoms with Gasteiger partial charge in [0.05, 0.1) is 0 Å². The molecule has 0 N–H and O–H groups in total. The van der Waals surface area contributed by atoms with Gasteiger partial charge >= 0.3 is 0 Å². The Kier molecular flexibility index (Phi) is 5.49. The summed E-state index contributed by atoms with van der Waals surface area (Å²) in [5.41, 5.74) is 8.79. The maximum absolute atomic E-state index is 6.36. The molecule has 0 unspecified atom stereocenters. The second-order valence-electron chi connectivity index (χ2n) is 9.16. The number of para-hydroxylation sites is 2. The van der Waals surface area contributed by atoms with Crippen molar-refractivity contribution in [1.29, 1.82) is 0 Å². The molecule has 7 rings (SSSR count). The van der Waals surface area contributed by atoms with Crippen molar-refractivity contribution in [2.45, 2.75) is 0 Å². The molecular weight excluding hydrogens is 584 g/mol. The number of rotatable bonds is 3. The van der Waals surface area contributed by atoms with E-state index in [1.165, 1.54) is 33.0 Å². The summed E-state index contributed by atoms with van der Waals surface area (Å²) < 4.78 is 8.49. The van der Waals surface area contributed by atoms with Crippen LogP contribution in [0.2, 0.25) is 0 Å². The number of furan rings is 1. The molecule has 1 heterocycles. The lowest BCUT2D eigenvalue weighted by molar-refractivity contribution is 0.670. The molecular formula is C34H20Br2O. The van der Waals surface area contributed by atoms with Crippen LogP contribution in [0.15, 0.2) is 135 Å². The van der Waals surface area contributed by atoms with E-state index in [-0.39, 0.29) is 0 Å². The molecule has 7 aromatic rings. The Labute approximate surface area is 231 Å². The van der Waals surface area contributed by atoms with E-state index in [1.807, 2.05) is 12.1 Å². The van der Waals surface area contributed by atoms with E-state index in [0.717, 1.165) is 42.0 Å². The Morgan fingerprint density at radius 2 is 1.14 bits per heavy atom. The van der Waals surface area contributed by atoms with Gasteiger partial charge in [-0.2, -0.15) is 0 Å². The molecule has 37 heavy (non-hydrogen) atoms. The van der Waals surface area contributed by atoms with E-state index in [9.17, 15) is 0 Å². The smallest absolute Gasteiger partial charge is 0.143 e. The third-order valence-corrected chi connectivity index (χ3v) is 8.40. The van der Waals surface area contributed by atoms with E-state index in [4.69, 9.17) is 4.42 Å². The molecule has 6 aromatic carbocycles. The monoisotopic (exact) mass is 602 g/mol. The summed E-state index contributed by atoms with van der Waals surface area (Å²) in [6, 6.07) is 42.7. The first-order valence-electron chi connectivity index (χ1n) is 12.2. The molecule has 0 bridgehead atoms. The second-order valence-corrected chi connectivity index (χ2v) is 10.9. The van der Waals surface area contributed by atoms with Gasteiger partial charge < -0.3 is 4.42 Å². The van der Waals surface area contributed by atoms with Crippen LogP contribution in [0.3, 0.4) is 0 Å². The minimum absolute atomic E-state index is 0.908. The fourth-order valence-electron chi connectivity index (χ4n) is 5.34. The summed E-state index contributed by atoms with van der Waals surface area (Å²) in [4.78, 5) is 0. The number of benzene rings is 6. The summed E-state index contributed by atoms with van der Waals surface area (Å²) in [6.45, 7) is 0. The lowest BCUT2D eigenvalue weighted by Crippen LogP contribution is -1.88. The van der Waals surface area contributed by atoms with Gasteiger partial charge in [0.1, 0.15) is 11.2 Å². The second kappa shape index (κ2) is 9.02. The van der Waals surface area contributed by atoms with Crippen LogP contribution in [0.4, 0.5) is 0 Å². The van der Waals surface area contributed by atoms with Gasteiger partial charge in [0.15, 0.2) is 0 Å². The molecule has 0 radical (unpaired) electrons. The van der Waals surface area contributed by atoms with Crippen molar-refractivity contribution in [1.82, 2.24) is 0 Å². The largest absolute Gasteiger partial charge is 0.455 e. The molecule has 1 aromatic heterocycles. The van der Waals surface area contributed by atoms with Crippen molar-refractivity contribution in [2.24, 2.45) is 0 Å². The van der Waals surface area contributed by atoms with Gasteiger partial charge in [-0.25, -0.2) is 0 Å². The van der Waals surface area contributed by atoms with E-state index < -0.39 is 0 Å². The number of fused-ring (bicyclic) bond motifs is 4. The third-order valence-electron chi connectivity index (χ3n) is 7.04. The molecule has 0 saturated carbocycles. The highest BCUT2D eigenvalue weighted by atomic mass is 79.9. The highest BCUT2D eigenvalue weighted by molar-refractivity contribution is 9.11. The lowest BCUT2D eigenvalue weighted by Gasteiger charge is -2.15. The van der Waals surface area contributed by atoms with Crippen LogP contribution in [0.25, 0.3) is 66.1 Å². The van der Waals surface area contributed by atoms with Crippen LogP contribution in [-0.2, 0) is 0 Å². The predicted molar refractivity (Wildman–Crippen MR) is 163 cm³/mol. The Morgan fingerprint density at radius 1 is 0.432 bits per heavy atom. The van der Waals surface area contributed by atoms with Crippen LogP contribution in [-0.4, -0.2) is 0 Å². The fraction of sp³-hybridized carbons (Fsp3) is 0. The normalized spacial score (nSPS) is 11.5. The van der Waals surface area contributed by atoms with Gasteiger partial charge in [-0.1, -0.05) is 129 Å². The topological polar surface area (TPSA) is 13.1 Å². The van der Waals surface area contributed by atoms with Crippen LogP contribution in [0.5, 0.6) is 0 Å². The van der Waals surface area contributed by atoms with E-state index in [2.05, 4.69) is 141 Å². The van der Waals surface area contributed by atoms with Crippen molar-refractivity contribution in [3.63, 3.8) is 0 Å². The molecule has 0 amide bonds. The standard InChI is InChI=1S/C34H20Br2O/c35-30-18-16-22(20-29(30)28-14-7-13-27-25-10-4-5-15-32(25)37-34(27)28)23-11-6-12-26-24(23)17-19-31(36)33(26)21-8-2-1-3-9-21/h1-20H. The molecule has 1 nitrogen and oxygen atoms in total. The minimum Gasteiger partial charge on any atom is -0.455 e. The fourth-order valence-corrected chi connectivity index (χ4v) is 6.37. The van der Waals surface area contributed by atoms with Crippen LogP contribution < -0.4 is 0 Å². The minimum atomic E-state index is 0.908. The van der Waals surface area contributed by atoms with Crippen molar-refractivity contribution >= 4 is 64.6 Å². The molecule has 0 aliphatic carbocycles. The summed E-state index contributed by atoms with van der Waals surface area (Å²) in [6.07, 6.45) is 0. The summed E-state index contributed by atoms with van der Waals surface area (Å²) in [5, 5.41) is 4.72. The maximum Gasteiger partial charge on any atom is 0.143 e. The van der Waals surface area contributed by atoms with Crippen LogP contribution in [0.1, 0.15) is 0 Å². The highest BCUT2D eigenvalue weighted by Gasteiger charge is 2.16. The van der Waals surface area contributed by atoms with Crippen molar-refractivity contribution in [2.75, 3.05) is 0 Å². The van der Waals surface area contributed by atoms with Crippen LogP contribution in [0, 0.1) is 0 Å². The molecule has 176 valence electrons. The van der Waals surface area contributed by atoms with Gasteiger partial charge in [-0.3, -0.25) is 0 Å². The molecule has 0 saturated heterocycles. The summed E-state index contributed by atoms with van der Waals surface area (Å²) >= 11 is 7.63. The first-order valence-corrected chi connectivity index (χ1v) is 13.7. The van der Waals surface area contributed by atoms with Gasteiger partial charge in [0.25, 0.3) is 0 Å². The van der Waals surface area contributed by atoms with E-state index >= 15 is 0 Å². The van der Waals surface area contributed by atoms with Gasteiger partial charge in [-0.15, -0.1) is 0 Å². The molecule has 0 atom stereocenters. The van der Waals surface area contributed by atoms with Gasteiger partial charge in [0, 0.05) is 36.4 Å². The zero-order valence-electron chi connectivity index (χ0n) is 19.7. The Hall–Kier alpha value is -3.66. The Bertz CT molecular complexity index is 1950. The first kappa shape index (κ1) is 22.5. The van der Waals surface area contributed by atoms with Gasteiger partial charge in [-0.05, 0) is 51.7 Å². The average Bonchev–Trinajstić information content (AvgIpc) is 3.32. The molecule has 0 spiro atoms. The van der Waals surface area contributed by atoms with Crippen LogP contribution >= 0.6 is 31.9 Å². The maximum atomic E-state index is 6.36. The van der Waals surface area contributed by atoms with Crippen molar-refractivity contribution in [3.05, 3.63) is 130 Å². The number of hydrogen-bond donors (Lipinski definition) is 0.